The number of hydrogen-bond donors (Lipinski definition) is 2. The molecule has 0 amide bonds. The van der Waals surface area contributed by atoms with Gasteiger partial charge in [0.1, 0.15) is 0 Å². The summed E-state index contributed by atoms with van der Waals surface area (Å²) in [6, 6.07) is 6.10. The third-order valence-corrected chi connectivity index (χ3v) is 2.12. The molecule has 0 unspecified atom stereocenters. The predicted octanol–water partition coefficient (Wildman–Crippen LogP) is 2.30. The van der Waals surface area contributed by atoms with E-state index < -0.39 is 0 Å². The van der Waals surface area contributed by atoms with Gasteiger partial charge in [-0.25, -0.2) is 0 Å². The van der Waals surface area contributed by atoms with Gasteiger partial charge in [-0.05, 0) is 30.5 Å². The molecule has 0 aliphatic rings. The van der Waals surface area contributed by atoms with Crippen molar-refractivity contribution in [2.75, 3.05) is 18.5 Å². The molecule has 0 saturated carbocycles. The molecule has 2 heteroatoms. The molecule has 1 rings (SSSR count). The largest absolute Gasteiger partial charge is 0.396 e. The van der Waals surface area contributed by atoms with Crippen LogP contribution in [0.2, 0.25) is 0 Å². The second-order valence-corrected chi connectivity index (χ2v) is 3.12. The lowest BCUT2D eigenvalue weighted by molar-refractivity contribution is 0.300. The molecule has 76 valence electrons. The molecule has 14 heavy (non-hydrogen) atoms. The number of hydrogen-bond acceptors (Lipinski definition) is 2. The smallest absolute Gasteiger partial charge is 0.0472 e. The van der Waals surface area contributed by atoms with Crippen LogP contribution < -0.4 is 5.32 Å². The average Bonchev–Trinajstić information content (AvgIpc) is 2.21. The van der Waals surface area contributed by atoms with Crippen molar-refractivity contribution >= 4 is 11.8 Å². The lowest BCUT2D eigenvalue weighted by atomic mass is 10.1. The lowest BCUT2D eigenvalue weighted by Crippen LogP contribution is -2.02. The van der Waals surface area contributed by atoms with Crippen LogP contribution in [0.5, 0.6) is 0 Å². The second kappa shape index (κ2) is 5.45. The summed E-state index contributed by atoms with van der Waals surface area (Å²) < 4.78 is 0. The molecule has 0 aliphatic heterocycles. The van der Waals surface area contributed by atoms with Crippen molar-refractivity contribution in [1.29, 1.82) is 0 Å². The lowest BCUT2D eigenvalue weighted by Gasteiger charge is -2.10. The standard InChI is InChI=1S/C12H17NO/c1-3-10-5-6-11(7-8-14)12(9-10)13-4-2/h3,5-6,9,13-14H,1,4,7-8H2,2H3. The monoisotopic (exact) mass is 191 g/mol. The van der Waals surface area contributed by atoms with Crippen LogP contribution in [0.15, 0.2) is 24.8 Å². The number of anilines is 1. The zero-order valence-electron chi connectivity index (χ0n) is 8.59. The molecule has 0 bridgehead atoms. The summed E-state index contributed by atoms with van der Waals surface area (Å²) >= 11 is 0. The Bertz CT molecular complexity index is 307. The Kier molecular flexibility index (Phi) is 4.20. The van der Waals surface area contributed by atoms with E-state index >= 15 is 0 Å². The Labute approximate surface area is 85.3 Å². The van der Waals surface area contributed by atoms with Crippen LogP contribution >= 0.6 is 0 Å². The van der Waals surface area contributed by atoms with Gasteiger partial charge < -0.3 is 10.4 Å². The van der Waals surface area contributed by atoms with Crippen LogP contribution in [0, 0.1) is 0 Å². The van der Waals surface area contributed by atoms with Gasteiger partial charge in [0.2, 0.25) is 0 Å². The summed E-state index contributed by atoms with van der Waals surface area (Å²) in [5.41, 5.74) is 3.35. The molecule has 0 spiro atoms. The highest BCUT2D eigenvalue weighted by molar-refractivity contribution is 5.60. The molecule has 1 aromatic rings. The first-order valence-corrected chi connectivity index (χ1v) is 4.92. The minimum atomic E-state index is 0.186. The van der Waals surface area contributed by atoms with Crippen LogP contribution in [-0.4, -0.2) is 18.3 Å². The topological polar surface area (TPSA) is 32.3 Å². The van der Waals surface area contributed by atoms with Gasteiger partial charge in [-0.1, -0.05) is 24.8 Å². The van der Waals surface area contributed by atoms with Crippen LogP contribution in [0.3, 0.4) is 0 Å². The Balaban J connectivity index is 2.96. The van der Waals surface area contributed by atoms with Crippen LogP contribution in [0.4, 0.5) is 5.69 Å². The zero-order valence-corrected chi connectivity index (χ0v) is 8.59. The van der Waals surface area contributed by atoms with Gasteiger partial charge in [-0.15, -0.1) is 0 Å². The van der Waals surface area contributed by atoms with Crippen LogP contribution in [-0.2, 0) is 6.42 Å². The summed E-state index contributed by atoms with van der Waals surface area (Å²) in [5.74, 6) is 0. The van der Waals surface area contributed by atoms with Gasteiger partial charge in [-0.3, -0.25) is 0 Å². The fourth-order valence-electron chi connectivity index (χ4n) is 1.41. The van der Waals surface area contributed by atoms with E-state index in [9.17, 15) is 0 Å². The van der Waals surface area contributed by atoms with Crippen LogP contribution in [0.25, 0.3) is 6.08 Å². The van der Waals surface area contributed by atoms with Crippen molar-refractivity contribution in [2.24, 2.45) is 0 Å². The highest BCUT2D eigenvalue weighted by atomic mass is 16.2. The molecule has 0 radical (unpaired) electrons. The van der Waals surface area contributed by atoms with E-state index in [0.29, 0.717) is 6.42 Å². The molecule has 0 atom stereocenters. The minimum absolute atomic E-state index is 0.186. The summed E-state index contributed by atoms with van der Waals surface area (Å²) in [4.78, 5) is 0. The third-order valence-electron chi connectivity index (χ3n) is 2.12. The van der Waals surface area contributed by atoms with Crippen molar-refractivity contribution in [1.82, 2.24) is 0 Å². The first-order chi connectivity index (χ1) is 6.81. The normalized spacial score (nSPS) is 9.86. The number of aliphatic hydroxyl groups is 1. The summed E-state index contributed by atoms with van der Waals surface area (Å²) in [7, 11) is 0. The number of benzene rings is 1. The predicted molar refractivity (Wildman–Crippen MR) is 61.5 cm³/mol. The highest BCUT2D eigenvalue weighted by Gasteiger charge is 2.01. The second-order valence-electron chi connectivity index (χ2n) is 3.12. The first-order valence-electron chi connectivity index (χ1n) is 4.92. The third kappa shape index (κ3) is 2.60. The highest BCUT2D eigenvalue weighted by Crippen LogP contribution is 2.18. The maximum absolute atomic E-state index is 8.89. The molecule has 0 heterocycles. The van der Waals surface area contributed by atoms with Gasteiger partial charge in [0, 0.05) is 18.8 Å². The number of rotatable bonds is 5. The fourth-order valence-corrected chi connectivity index (χ4v) is 1.41. The molecule has 0 saturated heterocycles. The van der Waals surface area contributed by atoms with E-state index in [0.717, 1.165) is 23.4 Å². The van der Waals surface area contributed by atoms with Crippen molar-refractivity contribution in [3.8, 4) is 0 Å². The number of aliphatic hydroxyl groups excluding tert-OH is 1. The Hall–Kier alpha value is -1.28. The van der Waals surface area contributed by atoms with Gasteiger partial charge in [0.15, 0.2) is 0 Å². The van der Waals surface area contributed by atoms with E-state index in [1.807, 2.05) is 18.2 Å². The molecule has 1 aromatic carbocycles. The maximum atomic E-state index is 8.89. The zero-order chi connectivity index (χ0) is 10.4. The van der Waals surface area contributed by atoms with E-state index in [-0.39, 0.29) is 6.61 Å². The average molecular weight is 191 g/mol. The SMILES string of the molecule is C=Cc1ccc(CCO)c(NCC)c1. The summed E-state index contributed by atoms with van der Waals surface area (Å²) in [6.07, 6.45) is 2.52. The maximum Gasteiger partial charge on any atom is 0.0472 e. The Morgan fingerprint density at radius 3 is 2.86 bits per heavy atom. The molecule has 0 aliphatic carbocycles. The minimum Gasteiger partial charge on any atom is -0.396 e. The van der Waals surface area contributed by atoms with Gasteiger partial charge >= 0.3 is 0 Å². The molecule has 0 aromatic heterocycles. The Morgan fingerprint density at radius 1 is 1.50 bits per heavy atom. The van der Waals surface area contributed by atoms with Crippen molar-refractivity contribution < 1.29 is 5.11 Å². The fraction of sp³-hybridized carbons (Fsp3) is 0.333. The Morgan fingerprint density at radius 2 is 2.29 bits per heavy atom. The van der Waals surface area contributed by atoms with E-state index in [2.05, 4.69) is 24.9 Å². The number of nitrogens with one attached hydrogen (secondary N) is 1. The summed E-state index contributed by atoms with van der Waals surface area (Å²) in [6.45, 7) is 6.86. The van der Waals surface area contributed by atoms with Crippen molar-refractivity contribution in [3.05, 3.63) is 35.9 Å². The summed E-state index contributed by atoms with van der Waals surface area (Å²) in [5, 5.41) is 12.2. The molecular weight excluding hydrogens is 174 g/mol. The van der Waals surface area contributed by atoms with Crippen molar-refractivity contribution in [2.45, 2.75) is 13.3 Å². The molecule has 2 N–H and O–H groups in total. The van der Waals surface area contributed by atoms with E-state index in [4.69, 9.17) is 5.11 Å². The molecule has 2 nitrogen and oxygen atoms in total. The van der Waals surface area contributed by atoms with Gasteiger partial charge in [0.05, 0.1) is 0 Å². The first kappa shape index (κ1) is 10.8. The van der Waals surface area contributed by atoms with Crippen molar-refractivity contribution in [3.63, 3.8) is 0 Å². The van der Waals surface area contributed by atoms with Gasteiger partial charge in [-0.2, -0.15) is 0 Å². The van der Waals surface area contributed by atoms with Gasteiger partial charge in [0.25, 0.3) is 0 Å². The van der Waals surface area contributed by atoms with Crippen LogP contribution in [0.1, 0.15) is 18.1 Å². The van der Waals surface area contributed by atoms with E-state index in [1.165, 1.54) is 0 Å². The molecular formula is C12H17NO. The molecule has 0 fully saturated rings. The quantitative estimate of drug-likeness (QED) is 0.748. The van der Waals surface area contributed by atoms with E-state index in [1.54, 1.807) is 0 Å².